The molecule has 6 heteroatoms. The molecule has 22 heavy (non-hydrogen) atoms. The maximum absolute atomic E-state index is 12.9. The number of nitrogens with one attached hydrogen (secondary N) is 2. The number of benzene rings is 1. The number of likely N-dealkylation sites (N-methyl/N-ethyl adjacent to an activating group) is 2. The zero-order valence-electron chi connectivity index (χ0n) is 13.6. The Balaban J connectivity index is 1.78. The van der Waals surface area contributed by atoms with Gasteiger partial charge in [-0.3, -0.25) is 9.89 Å². The number of piperazine rings is 1. The van der Waals surface area contributed by atoms with Crippen LogP contribution in [0.5, 0.6) is 0 Å². The fraction of sp³-hybridized carbons (Fsp3) is 0.562. The van der Waals surface area contributed by atoms with Crippen LogP contribution in [-0.4, -0.2) is 69.1 Å². The summed E-state index contributed by atoms with van der Waals surface area (Å²) in [7, 11) is 6.08. The molecule has 5 nitrogen and oxygen atoms in total. The molecule has 0 saturated carbocycles. The smallest absolute Gasteiger partial charge is 0.191 e. The Bertz CT molecular complexity index is 488. The second kappa shape index (κ2) is 8.10. The first-order chi connectivity index (χ1) is 10.6. The van der Waals surface area contributed by atoms with Crippen LogP contribution in [0.4, 0.5) is 4.39 Å². The van der Waals surface area contributed by atoms with Gasteiger partial charge < -0.3 is 15.5 Å². The van der Waals surface area contributed by atoms with Gasteiger partial charge in [0.25, 0.3) is 0 Å². The van der Waals surface area contributed by atoms with Crippen LogP contribution in [0.15, 0.2) is 29.3 Å². The number of nitrogens with zero attached hydrogens (tertiary/aromatic N) is 3. The second-order valence-electron chi connectivity index (χ2n) is 5.83. The van der Waals surface area contributed by atoms with Crippen molar-refractivity contribution in [2.45, 2.75) is 12.6 Å². The monoisotopic (exact) mass is 307 g/mol. The first kappa shape index (κ1) is 16.7. The number of aliphatic imine (C=N–C) groups is 1. The average Bonchev–Trinajstić information content (AvgIpc) is 2.52. The molecule has 1 aromatic carbocycles. The van der Waals surface area contributed by atoms with Crippen molar-refractivity contribution in [2.24, 2.45) is 4.99 Å². The van der Waals surface area contributed by atoms with Crippen LogP contribution < -0.4 is 10.6 Å². The molecule has 0 aliphatic carbocycles. The van der Waals surface area contributed by atoms with Crippen molar-refractivity contribution in [3.8, 4) is 0 Å². The quantitative estimate of drug-likeness (QED) is 0.636. The Labute approximate surface area is 132 Å². The minimum Gasteiger partial charge on any atom is -0.355 e. The van der Waals surface area contributed by atoms with Gasteiger partial charge in [-0.1, -0.05) is 12.1 Å². The van der Waals surface area contributed by atoms with E-state index < -0.39 is 0 Å². The van der Waals surface area contributed by atoms with Gasteiger partial charge in [0.2, 0.25) is 0 Å². The number of hydrogen-bond acceptors (Lipinski definition) is 3. The van der Waals surface area contributed by atoms with Gasteiger partial charge in [-0.05, 0) is 31.8 Å². The molecule has 122 valence electrons. The van der Waals surface area contributed by atoms with Crippen molar-refractivity contribution < 1.29 is 4.39 Å². The van der Waals surface area contributed by atoms with E-state index in [4.69, 9.17) is 0 Å². The SMILES string of the molecule is CN=C(NCc1ccc(F)cc1)NCC1CN(C)CCN1C. The standard InChI is InChI=1S/C16H26FN5/c1-18-16(19-10-13-4-6-14(17)7-5-13)20-11-15-12-21(2)8-9-22(15)3/h4-7,15H,8-12H2,1-3H3,(H2,18,19,20). The normalized spacial score (nSPS) is 20.9. The van der Waals surface area contributed by atoms with E-state index >= 15 is 0 Å². The maximum Gasteiger partial charge on any atom is 0.191 e. The topological polar surface area (TPSA) is 42.9 Å². The second-order valence-corrected chi connectivity index (χ2v) is 5.83. The van der Waals surface area contributed by atoms with Crippen molar-refractivity contribution in [1.29, 1.82) is 0 Å². The predicted octanol–water partition coefficient (Wildman–Crippen LogP) is 0.737. The summed E-state index contributed by atoms with van der Waals surface area (Å²) in [6, 6.07) is 6.97. The predicted molar refractivity (Wildman–Crippen MR) is 88.5 cm³/mol. The van der Waals surface area contributed by atoms with Crippen molar-refractivity contribution in [1.82, 2.24) is 20.4 Å². The zero-order valence-corrected chi connectivity index (χ0v) is 13.6. The Hall–Kier alpha value is -1.66. The summed E-state index contributed by atoms with van der Waals surface area (Å²) in [6.07, 6.45) is 0. The summed E-state index contributed by atoms with van der Waals surface area (Å²) in [5.74, 6) is 0.557. The highest BCUT2D eigenvalue weighted by molar-refractivity contribution is 5.79. The van der Waals surface area contributed by atoms with Crippen molar-refractivity contribution >= 4 is 5.96 Å². The largest absolute Gasteiger partial charge is 0.355 e. The van der Waals surface area contributed by atoms with Crippen molar-refractivity contribution in [2.75, 3.05) is 47.3 Å². The van der Waals surface area contributed by atoms with Crippen LogP contribution in [0.2, 0.25) is 0 Å². The summed E-state index contributed by atoms with van der Waals surface area (Å²) in [6.45, 7) is 4.73. The summed E-state index contributed by atoms with van der Waals surface area (Å²) in [5, 5.41) is 6.62. The van der Waals surface area contributed by atoms with Gasteiger partial charge in [0.15, 0.2) is 5.96 Å². The van der Waals surface area contributed by atoms with E-state index in [-0.39, 0.29) is 5.82 Å². The molecule has 0 bridgehead atoms. The molecular weight excluding hydrogens is 281 g/mol. The van der Waals surface area contributed by atoms with Gasteiger partial charge >= 0.3 is 0 Å². The van der Waals surface area contributed by atoms with Crippen molar-refractivity contribution in [3.05, 3.63) is 35.6 Å². The molecule has 1 fully saturated rings. The number of rotatable bonds is 4. The van der Waals surface area contributed by atoms with Crippen LogP contribution in [0, 0.1) is 5.82 Å². The first-order valence-corrected chi connectivity index (χ1v) is 7.66. The highest BCUT2D eigenvalue weighted by Gasteiger charge is 2.21. The third-order valence-corrected chi connectivity index (χ3v) is 4.08. The highest BCUT2D eigenvalue weighted by atomic mass is 19.1. The summed E-state index contributed by atoms with van der Waals surface area (Å²) < 4.78 is 12.9. The fourth-order valence-corrected chi connectivity index (χ4v) is 2.54. The Morgan fingerprint density at radius 2 is 1.95 bits per heavy atom. The van der Waals surface area contributed by atoms with Crippen LogP contribution in [0.1, 0.15) is 5.56 Å². The number of guanidine groups is 1. The molecule has 2 N–H and O–H groups in total. The number of halogens is 1. The third-order valence-electron chi connectivity index (χ3n) is 4.08. The van der Waals surface area contributed by atoms with Crippen LogP contribution in [0.3, 0.4) is 0 Å². The molecule has 1 saturated heterocycles. The van der Waals surface area contributed by atoms with Gasteiger partial charge in [0, 0.05) is 45.8 Å². The van der Waals surface area contributed by atoms with Gasteiger partial charge in [-0.25, -0.2) is 4.39 Å². The van der Waals surface area contributed by atoms with Gasteiger partial charge in [-0.15, -0.1) is 0 Å². The van der Waals surface area contributed by atoms with Gasteiger partial charge in [-0.2, -0.15) is 0 Å². The van der Waals surface area contributed by atoms with Crippen molar-refractivity contribution in [3.63, 3.8) is 0 Å². The Morgan fingerprint density at radius 1 is 1.23 bits per heavy atom. The lowest BCUT2D eigenvalue weighted by atomic mass is 10.2. The van der Waals surface area contributed by atoms with E-state index in [1.807, 2.05) is 0 Å². The molecule has 0 amide bonds. The lowest BCUT2D eigenvalue weighted by Gasteiger charge is -2.37. The maximum atomic E-state index is 12.9. The van der Waals surface area contributed by atoms with Gasteiger partial charge in [0.1, 0.15) is 5.82 Å². The fourth-order valence-electron chi connectivity index (χ4n) is 2.54. The van der Waals surface area contributed by atoms with E-state index in [0.717, 1.165) is 37.7 Å². The highest BCUT2D eigenvalue weighted by Crippen LogP contribution is 2.05. The molecule has 1 aliphatic heterocycles. The molecule has 2 rings (SSSR count). The van der Waals surface area contributed by atoms with Gasteiger partial charge in [0.05, 0.1) is 0 Å². The first-order valence-electron chi connectivity index (χ1n) is 7.66. The molecule has 0 spiro atoms. The third kappa shape index (κ3) is 4.96. The number of hydrogen-bond donors (Lipinski definition) is 2. The summed E-state index contributed by atoms with van der Waals surface area (Å²) in [4.78, 5) is 8.96. The Morgan fingerprint density at radius 3 is 2.64 bits per heavy atom. The van der Waals surface area contributed by atoms with Crippen LogP contribution in [0.25, 0.3) is 0 Å². The lowest BCUT2D eigenvalue weighted by Crippen LogP contribution is -2.55. The molecule has 1 atom stereocenters. The van der Waals surface area contributed by atoms with Crippen LogP contribution >= 0.6 is 0 Å². The van der Waals surface area contributed by atoms with E-state index in [2.05, 4.69) is 39.5 Å². The minimum atomic E-state index is -0.212. The summed E-state index contributed by atoms with van der Waals surface area (Å²) in [5.41, 5.74) is 1.03. The van der Waals surface area contributed by atoms with Crippen LogP contribution in [-0.2, 0) is 6.54 Å². The molecule has 1 unspecified atom stereocenters. The minimum absolute atomic E-state index is 0.212. The molecule has 0 radical (unpaired) electrons. The molecule has 0 aromatic heterocycles. The molecular formula is C16H26FN5. The van der Waals surface area contributed by atoms with E-state index in [1.165, 1.54) is 12.1 Å². The lowest BCUT2D eigenvalue weighted by molar-refractivity contribution is 0.116. The molecule has 1 aromatic rings. The summed E-state index contributed by atoms with van der Waals surface area (Å²) >= 11 is 0. The van der Waals surface area contributed by atoms with E-state index in [1.54, 1.807) is 19.2 Å². The molecule has 1 aliphatic rings. The Kier molecular flexibility index (Phi) is 6.15. The molecule has 1 heterocycles. The van der Waals surface area contributed by atoms with E-state index in [9.17, 15) is 4.39 Å². The zero-order chi connectivity index (χ0) is 15.9. The van der Waals surface area contributed by atoms with E-state index in [0.29, 0.717) is 12.6 Å². The average molecular weight is 307 g/mol.